The zero-order valence-electron chi connectivity index (χ0n) is 9.58. The van der Waals surface area contributed by atoms with E-state index in [0.29, 0.717) is 5.92 Å². The van der Waals surface area contributed by atoms with Crippen LogP contribution in [-0.4, -0.2) is 26.0 Å². The molecule has 3 heteroatoms. The van der Waals surface area contributed by atoms with Crippen LogP contribution in [0.25, 0.3) is 0 Å². The molecule has 0 bridgehead atoms. The Balaban J connectivity index is 2.60. The van der Waals surface area contributed by atoms with Gasteiger partial charge in [0.15, 0.2) is 6.29 Å². The molecule has 0 aromatic carbocycles. The van der Waals surface area contributed by atoms with E-state index in [0.717, 1.165) is 0 Å². The van der Waals surface area contributed by atoms with Crippen LogP contribution in [0.2, 0.25) is 0 Å². The fourth-order valence-electron chi connectivity index (χ4n) is 2.52. The van der Waals surface area contributed by atoms with E-state index in [2.05, 4.69) is 0 Å². The molecule has 0 aliphatic heterocycles. The molecule has 0 heterocycles. The Morgan fingerprint density at radius 3 is 2.07 bits per heavy atom. The van der Waals surface area contributed by atoms with Gasteiger partial charge in [-0.3, -0.25) is 0 Å². The third-order valence-electron chi connectivity index (χ3n) is 3.42. The van der Waals surface area contributed by atoms with Crippen molar-refractivity contribution in [3.63, 3.8) is 0 Å². The SMILES string of the molecule is COC(OC)C(C)(N)C1CCCCC1. The largest absolute Gasteiger partial charge is 0.354 e. The fourth-order valence-corrected chi connectivity index (χ4v) is 2.52. The van der Waals surface area contributed by atoms with E-state index in [-0.39, 0.29) is 11.8 Å². The van der Waals surface area contributed by atoms with Gasteiger partial charge in [-0.2, -0.15) is 0 Å². The lowest BCUT2D eigenvalue weighted by Crippen LogP contribution is -2.56. The number of rotatable bonds is 4. The second kappa shape index (κ2) is 5.10. The first-order valence-electron chi connectivity index (χ1n) is 5.47. The molecule has 1 aliphatic rings. The number of hydrogen-bond acceptors (Lipinski definition) is 3. The third-order valence-corrected chi connectivity index (χ3v) is 3.42. The van der Waals surface area contributed by atoms with Crippen LogP contribution in [0.1, 0.15) is 39.0 Å². The molecule has 1 atom stereocenters. The summed E-state index contributed by atoms with van der Waals surface area (Å²) in [6.07, 6.45) is 6.05. The van der Waals surface area contributed by atoms with Gasteiger partial charge in [0.2, 0.25) is 0 Å². The highest BCUT2D eigenvalue weighted by Crippen LogP contribution is 2.33. The summed E-state index contributed by atoms with van der Waals surface area (Å²) in [5, 5.41) is 0. The van der Waals surface area contributed by atoms with Crippen molar-refractivity contribution in [2.45, 2.75) is 50.9 Å². The van der Waals surface area contributed by atoms with Gasteiger partial charge in [-0.25, -0.2) is 0 Å². The molecule has 84 valence electrons. The van der Waals surface area contributed by atoms with Crippen LogP contribution in [0, 0.1) is 5.92 Å². The highest BCUT2D eigenvalue weighted by molar-refractivity contribution is 4.91. The highest BCUT2D eigenvalue weighted by Gasteiger charge is 2.38. The number of methoxy groups -OCH3 is 2. The van der Waals surface area contributed by atoms with E-state index >= 15 is 0 Å². The average Bonchev–Trinajstić information content (AvgIpc) is 2.20. The summed E-state index contributed by atoms with van der Waals surface area (Å²) in [6, 6.07) is 0. The minimum absolute atomic E-state index is 0.286. The molecule has 1 fully saturated rings. The molecule has 1 unspecified atom stereocenters. The van der Waals surface area contributed by atoms with Crippen LogP contribution in [0.4, 0.5) is 0 Å². The van der Waals surface area contributed by atoms with Crippen LogP contribution in [-0.2, 0) is 9.47 Å². The zero-order valence-corrected chi connectivity index (χ0v) is 9.58. The van der Waals surface area contributed by atoms with Gasteiger partial charge < -0.3 is 15.2 Å². The van der Waals surface area contributed by atoms with Crippen molar-refractivity contribution >= 4 is 0 Å². The summed E-state index contributed by atoms with van der Waals surface area (Å²) >= 11 is 0. The van der Waals surface area contributed by atoms with Crippen molar-refractivity contribution in [3.8, 4) is 0 Å². The van der Waals surface area contributed by atoms with Crippen molar-refractivity contribution in [2.24, 2.45) is 11.7 Å². The third kappa shape index (κ3) is 2.47. The van der Waals surface area contributed by atoms with E-state index in [1.54, 1.807) is 14.2 Å². The van der Waals surface area contributed by atoms with E-state index in [9.17, 15) is 0 Å². The molecule has 1 rings (SSSR count). The number of hydrogen-bond donors (Lipinski definition) is 1. The first kappa shape index (κ1) is 12.0. The minimum Gasteiger partial charge on any atom is -0.354 e. The van der Waals surface area contributed by atoms with Gasteiger partial charge >= 0.3 is 0 Å². The fraction of sp³-hybridized carbons (Fsp3) is 1.00. The van der Waals surface area contributed by atoms with Gasteiger partial charge in [0, 0.05) is 14.2 Å². The normalized spacial score (nSPS) is 23.8. The molecule has 0 saturated heterocycles. The second-order valence-electron chi connectivity index (χ2n) is 4.50. The number of ether oxygens (including phenoxy) is 2. The van der Waals surface area contributed by atoms with Crippen LogP contribution >= 0.6 is 0 Å². The average molecular weight is 201 g/mol. The molecule has 2 N–H and O–H groups in total. The van der Waals surface area contributed by atoms with E-state index in [1.165, 1.54) is 32.1 Å². The highest BCUT2D eigenvalue weighted by atomic mass is 16.7. The first-order valence-corrected chi connectivity index (χ1v) is 5.47. The Bertz CT molecular complexity index is 161. The summed E-state index contributed by atoms with van der Waals surface area (Å²) in [7, 11) is 3.31. The van der Waals surface area contributed by atoms with Crippen LogP contribution in [0.15, 0.2) is 0 Å². The molecule has 0 aromatic rings. The zero-order chi connectivity index (χ0) is 10.6. The predicted octanol–water partition coefficient (Wildman–Crippen LogP) is 1.90. The Labute approximate surface area is 86.9 Å². The van der Waals surface area contributed by atoms with Gasteiger partial charge in [-0.15, -0.1) is 0 Å². The molecule has 0 amide bonds. The Morgan fingerprint density at radius 2 is 1.64 bits per heavy atom. The monoisotopic (exact) mass is 201 g/mol. The van der Waals surface area contributed by atoms with Gasteiger partial charge in [-0.1, -0.05) is 19.3 Å². The molecule has 0 radical (unpaired) electrons. The van der Waals surface area contributed by atoms with Gasteiger partial charge in [-0.05, 0) is 25.7 Å². The topological polar surface area (TPSA) is 44.5 Å². The molecule has 3 nitrogen and oxygen atoms in total. The molecule has 1 saturated carbocycles. The summed E-state index contributed by atoms with van der Waals surface area (Å²) in [5.41, 5.74) is 5.95. The lowest BCUT2D eigenvalue weighted by atomic mass is 9.76. The maximum atomic E-state index is 6.31. The van der Waals surface area contributed by atoms with Gasteiger partial charge in [0.05, 0.1) is 5.54 Å². The first-order chi connectivity index (χ1) is 6.62. The maximum Gasteiger partial charge on any atom is 0.174 e. The number of nitrogens with two attached hydrogens (primary N) is 1. The van der Waals surface area contributed by atoms with Crippen molar-refractivity contribution in [1.82, 2.24) is 0 Å². The molecule has 1 aliphatic carbocycles. The molecular weight excluding hydrogens is 178 g/mol. The maximum absolute atomic E-state index is 6.31. The van der Waals surface area contributed by atoms with Crippen LogP contribution in [0.3, 0.4) is 0 Å². The smallest absolute Gasteiger partial charge is 0.174 e. The van der Waals surface area contributed by atoms with Crippen molar-refractivity contribution in [2.75, 3.05) is 14.2 Å². The predicted molar refractivity (Wildman–Crippen MR) is 57.0 cm³/mol. The summed E-state index contributed by atoms with van der Waals surface area (Å²) in [4.78, 5) is 0. The second-order valence-corrected chi connectivity index (χ2v) is 4.50. The van der Waals surface area contributed by atoms with Crippen molar-refractivity contribution in [1.29, 1.82) is 0 Å². The van der Waals surface area contributed by atoms with Gasteiger partial charge in [0.25, 0.3) is 0 Å². The Morgan fingerprint density at radius 1 is 1.14 bits per heavy atom. The molecule has 0 spiro atoms. The Hall–Kier alpha value is -0.120. The molecular formula is C11H23NO2. The molecule has 14 heavy (non-hydrogen) atoms. The van der Waals surface area contributed by atoms with Crippen molar-refractivity contribution in [3.05, 3.63) is 0 Å². The van der Waals surface area contributed by atoms with E-state index in [4.69, 9.17) is 15.2 Å². The van der Waals surface area contributed by atoms with Crippen LogP contribution in [0.5, 0.6) is 0 Å². The lowest BCUT2D eigenvalue weighted by molar-refractivity contribution is -0.158. The van der Waals surface area contributed by atoms with Gasteiger partial charge in [0.1, 0.15) is 0 Å². The Kier molecular flexibility index (Phi) is 4.35. The van der Waals surface area contributed by atoms with Crippen LogP contribution < -0.4 is 5.73 Å². The summed E-state index contributed by atoms with van der Waals surface area (Å²) in [5.74, 6) is 0.529. The van der Waals surface area contributed by atoms with E-state index < -0.39 is 0 Å². The molecule has 0 aromatic heterocycles. The summed E-state index contributed by atoms with van der Waals surface area (Å²) < 4.78 is 10.5. The summed E-state index contributed by atoms with van der Waals surface area (Å²) in [6.45, 7) is 2.04. The quantitative estimate of drug-likeness (QED) is 0.707. The minimum atomic E-state index is -0.357. The lowest BCUT2D eigenvalue weighted by Gasteiger charge is -2.40. The van der Waals surface area contributed by atoms with Crippen molar-refractivity contribution < 1.29 is 9.47 Å². The standard InChI is InChI=1S/C11H23NO2/c1-11(12,10(13-2)14-3)9-7-5-4-6-8-9/h9-10H,4-8,12H2,1-3H3. The van der Waals surface area contributed by atoms with E-state index in [1.807, 2.05) is 6.92 Å².